The van der Waals surface area contributed by atoms with Crippen LogP contribution >= 0.6 is 0 Å². The second-order valence-electron chi connectivity index (χ2n) is 7.77. The summed E-state index contributed by atoms with van der Waals surface area (Å²) >= 11 is 0. The Morgan fingerprint density at radius 3 is 2.38 bits per heavy atom. The largest absolute Gasteiger partial charge is 0.379 e. The number of rotatable bonds is 6. The molecule has 0 saturated carbocycles. The van der Waals surface area contributed by atoms with Crippen LogP contribution in [0.25, 0.3) is 0 Å². The van der Waals surface area contributed by atoms with E-state index in [-0.39, 0.29) is 5.91 Å². The van der Waals surface area contributed by atoms with Crippen molar-refractivity contribution in [2.24, 2.45) is 0 Å². The highest BCUT2D eigenvalue weighted by Gasteiger charge is 2.43. The monoisotopic (exact) mass is 332 g/mol. The maximum atomic E-state index is 12.8. The molecule has 1 fully saturated rings. The van der Waals surface area contributed by atoms with Crippen molar-refractivity contribution in [2.45, 2.75) is 64.6 Å². The topological polar surface area (TPSA) is 43.8 Å². The first-order valence-electron chi connectivity index (χ1n) is 9.04. The summed E-state index contributed by atoms with van der Waals surface area (Å²) in [6.45, 7) is 10.2. The molecule has 1 aromatic rings. The van der Waals surface area contributed by atoms with E-state index in [9.17, 15) is 9.90 Å². The Kier molecular flexibility index (Phi) is 6.05. The zero-order valence-corrected chi connectivity index (χ0v) is 15.7. The molecule has 1 amide bonds. The molecule has 4 heteroatoms. The first-order valence-corrected chi connectivity index (χ1v) is 9.04. The lowest BCUT2D eigenvalue weighted by atomic mass is 9.90. The standard InChI is InChI=1S/C20H32N2O2/c1-15(2)18-9-7-17(8-10-18)13-22-12-6-11-20(24,19(22)23)14-21(5)16(3)4/h7-10,15-16,24H,6,11-14H2,1-5H3/t20-/m0/s1. The van der Waals surface area contributed by atoms with Crippen LogP contribution in [0.1, 0.15) is 57.6 Å². The lowest BCUT2D eigenvalue weighted by molar-refractivity contribution is -0.160. The van der Waals surface area contributed by atoms with E-state index in [0.29, 0.717) is 31.5 Å². The smallest absolute Gasteiger partial charge is 0.256 e. The molecule has 4 nitrogen and oxygen atoms in total. The molecule has 24 heavy (non-hydrogen) atoms. The van der Waals surface area contributed by atoms with Gasteiger partial charge < -0.3 is 14.9 Å². The lowest BCUT2D eigenvalue weighted by Crippen LogP contribution is -2.58. The van der Waals surface area contributed by atoms with Crippen LogP contribution in [-0.4, -0.2) is 52.6 Å². The normalized spacial score (nSPS) is 22.0. The molecule has 2 rings (SSSR count). The summed E-state index contributed by atoms with van der Waals surface area (Å²) in [4.78, 5) is 16.7. The second-order valence-corrected chi connectivity index (χ2v) is 7.77. The van der Waals surface area contributed by atoms with Gasteiger partial charge in [0, 0.05) is 25.7 Å². The van der Waals surface area contributed by atoms with Gasteiger partial charge >= 0.3 is 0 Å². The first-order chi connectivity index (χ1) is 11.2. The summed E-state index contributed by atoms with van der Waals surface area (Å²) in [6, 6.07) is 8.76. The maximum Gasteiger partial charge on any atom is 0.256 e. The molecule has 1 atom stereocenters. The third-order valence-corrected chi connectivity index (χ3v) is 5.12. The van der Waals surface area contributed by atoms with Gasteiger partial charge in [-0.1, -0.05) is 38.1 Å². The highest BCUT2D eigenvalue weighted by molar-refractivity contribution is 5.86. The number of likely N-dealkylation sites (N-methyl/N-ethyl adjacent to an activating group) is 1. The maximum absolute atomic E-state index is 12.8. The Bertz CT molecular complexity index is 553. The number of nitrogens with zero attached hydrogens (tertiary/aromatic N) is 2. The summed E-state index contributed by atoms with van der Waals surface area (Å²) in [5, 5.41) is 10.9. The number of carbonyl (C=O) groups is 1. The molecule has 1 aromatic carbocycles. The van der Waals surface area contributed by atoms with Crippen molar-refractivity contribution in [3.63, 3.8) is 0 Å². The SMILES string of the molecule is CC(C)c1ccc(CN2CCC[C@](O)(CN(C)C(C)C)C2=O)cc1. The van der Waals surface area contributed by atoms with Crippen LogP contribution in [0.3, 0.4) is 0 Å². The van der Waals surface area contributed by atoms with Crippen molar-refractivity contribution in [3.05, 3.63) is 35.4 Å². The minimum absolute atomic E-state index is 0.130. The average Bonchev–Trinajstić information content (AvgIpc) is 2.52. The zero-order chi connectivity index (χ0) is 17.9. The average molecular weight is 332 g/mol. The van der Waals surface area contributed by atoms with E-state index < -0.39 is 5.60 Å². The Hall–Kier alpha value is -1.39. The van der Waals surface area contributed by atoms with E-state index >= 15 is 0 Å². The summed E-state index contributed by atoms with van der Waals surface area (Å²) < 4.78 is 0. The summed E-state index contributed by atoms with van der Waals surface area (Å²) in [6.07, 6.45) is 1.39. The lowest BCUT2D eigenvalue weighted by Gasteiger charge is -2.41. The van der Waals surface area contributed by atoms with Gasteiger partial charge in [0.1, 0.15) is 0 Å². The van der Waals surface area contributed by atoms with Gasteiger partial charge in [0.25, 0.3) is 5.91 Å². The van der Waals surface area contributed by atoms with Gasteiger partial charge in [-0.2, -0.15) is 0 Å². The minimum Gasteiger partial charge on any atom is -0.379 e. The number of amides is 1. The molecule has 1 N–H and O–H groups in total. The number of piperidine rings is 1. The fraction of sp³-hybridized carbons (Fsp3) is 0.650. The van der Waals surface area contributed by atoms with Crippen molar-refractivity contribution in [2.75, 3.05) is 20.1 Å². The van der Waals surface area contributed by atoms with Crippen molar-refractivity contribution in [3.8, 4) is 0 Å². The van der Waals surface area contributed by atoms with Crippen LogP contribution in [0, 0.1) is 0 Å². The minimum atomic E-state index is -1.25. The zero-order valence-electron chi connectivity index (χ0n) is 15.7. The van der Waals surface area contributed by atoms with Gasteiger partial charge in [0.15, 0.2) is 5.60 Å². The number of hydrogen-bond donors (Lipinski definition) is 1. The Morgan fingerprint density at radius 2 is 1.83 bits per heavy atom. The molecule has 1 aliphatic heterocycles. The molecule has 1 heterocycles. The molecular formula is C20H32N2O2. The summed E-state index contributed by atoms with van der Waals surface area (Å²) in [7, 11) is 1.96. The van der Waals surface area contributed by atoms with Gasteiger partial charge in [-0.25, -0.2) is 0 Å². The van der Waals surface area contributed by atoms with Gasteiger partial charge in [0.05, 0.1) is 0 Å². The molecule has 0 spiro atoms. The molecule has 134 valence electrons. The first kappa shape index (κ1) is 18.9. The van der Waals surface area contributed by atoms with Crippen LogP contribution in [-0.2, 0) is 11.3 Å². The number of carbonyl (C=O) groups excluding carboxylic acids is 1. The molecule has 1 aliphatic rings. The van der Waals surface area contributed by atoms with E-state index in [4.69, 9.17) is 0 Å². The van der Waals surface area contributed by atoms with E-state index in [1.54, 1.807) is 0 Å². The fourth-order valence-electron chi connectivity index (χ4n) is 3.19. The molecule has 0 aromatic heterocycles. The van der Waals surface area contributed by atoms with Gasteiger partial charge in [0.2, 0.25) is 0 Å². The van der Waals surface area contributed by atoms with E-state index in [1.807, 2.05) is 16.8 Å². The number of aliphatic hydroxyl groups is 1. The Balaban J connectivity index is 2.06. The van der Waals surface area contributed by atoms with Crippen LogP contribution < -0.4 is 0 Å². The van der Waals surface area contributed by atoms with Crippen molar-refractivity contribution < 1.29 is 9.90 Å². The van der Waals surface area contributed by atoms with E-state index in [0.717, 1.165) is 18.5 Å². The molecule has 0 radical (unpaired) electrons. The summed E-state index contributed by atoms with van der Waals surface area (Å²) in [5.74, 6) is 0.376. The van der Waals surface area contributed by atoms with Gasteiger partial charge in [-0.05, 0) is 50.8 Å². The number of benzene rings is 1. The molecule has 0 bridgehead atoms. The Labute approximate surface area is 146 Å². The number of likely N-dealkylation sites (tertiary alicyclic amines) is 1. The molecule has 0 unspecified atom stereocenters. The van der Waals surface area contributed by atoms with Crippen LogP contribution in [0.4, 0.5) is 0 Å². The number of hydrogen-bond acceptors (Lipinski definition) is 3. The van der Waals surface area contributed by atoms with Gasteiger partial charge in [-0.15, -0.1) is 0 Å². The van der Waals surface area contributed by atoms with Crippen LogP contribution in [0.2, 0.25) is 0 Å². The van der Waals surface area contributed by atoms with E-state index in [1.165, 1.54) is 5.56 Å². The van der Waals surface area contributed by atoms with Crippen LogP contribution in [0.5, 0.6) is 0 Å². The third-order valence-electron chi connectivity index (χ3n) is 5.12. The van der Waals surface area contributed by atoms with Crippen molar-refractivity contribution in [1.82, 2.24) is 9.80 Å². The second kappa shape index (κ2) is 7.66. The highest BCUT2D eigenvalue weighted by Crippen LogP contribution is 2.26. The quantitative estimate of drug-likeness (QED) is 0.871. The predicted molar refractivity (Wildman–Crippen MR) is 97.9 cm³/mol. The predicted octanol–water partition coefficient (Wildman–Crippen LogP) is 3.00. The fourth-order valence-corrected chi connectivity index (χ4v) is 3.19. The molecular weight excluding hydrogens is 300 g/mol. The van der Waals surface area contributed by atoms with Crippen molar-refractivity contribution in [1.29, 1.82) is 0 Å². The molecule has 1 saturated heterocycles. The summed E-state index contributed by atoms with van der Waals surface area (Å²) in [5.41, 5.74) is 1.17. The highest BCUT2D eigenvalue weighted by atomic mass is 16.3. The van der Waals surface area contributed by atoms with E-state index in [2.05, 4.69) is 52.0 Å². The van der Waals surface area contributed by atoms with Gasteiger partial charge in [-0.3, -0.25) is 4.79 Å². The third kappa shape index (κ3) is 4.37. The molecule has 0 aliphatic carbocycles. The van der Waals surface area contributed by atoms with Crippen LogP contribution in [0.15, 0.2) is 24.3 Å². The van der Waals surface area contributed by atoms with Crippen molar-refractivity contribution >= 4 is 5.91 Å². The Morgan fingerprint density at radius 1 is 1.21 bits per heavy atom.